The molecule has 0 aromatic heterocycles. The van der Waals surface area contributed by atoms with Gasteiger partial charge in [-0.2, -0.15) is 0 Å². The number of aliphatic hydroxyl groups is 1. The summed E-state index contributed by atoms with van der Waals surface area (Å²) in [6.45, 7) is 1.82. The van der Waals surface area contributed by atoms with Gasteiger partial charge in [0, 0.05) is 25.6 Å². The summed E-state index contributed by atoms with van der Waals surface area (Å²) in [4.78, 5) is 49.9. The van der Waals surface area contributed by atoms with Crippen LogP contribution in [-0.4, -0.2) is 64.9 Å². The zero-order chi connectivity index (χ0) is 19.8. The molecule has 3 aliphatic rings. The summed E-state index contributed by atoms with van der Waals surface area (Å²) in [5.41, 5.74) is 1.34. The van der Waals surface area contributed by atoms with Gasteiger partial charge in [-0.25, -0.2) is 0 Å². The van der Waals surface area contributed by atoms with Crippen LogP contribution in [0.25, 0.3) is 0 Å². The van der Waals surface area contributed by atoms with E-state index in [1.807, 2.05) is 0 Å². The molecule has 28 heavy (non-hydrogen) atoms. The second-order valence-corrected chi connectivity index (χ2v) is 7.37. The highest BCUT2D eigenvalue weighted by Crippen LogP contribution is 2.28. The summed E-state index contributed by atoms with van der Waals surface area (Å²) in [7, 11) is 0. The molecule has 0 radical (unpaired) electrons. The number of amides is 4. The Kier molecular flexibility index (Phi) is 4.96. The molecule has 4 N–H and O–H groups in total. The topological polar surface area (TPSA) is 128 Å². The fraction of sp³-hybridized carbons (Fsp3) is 0.474. The molecule has 0 spiro atoms. The van der Waals surface area contributed by atoms with Gasteiger partial charge in [0.2, 0.25) is 11.8 Å². The SMILES string of the molecule is O=C1CCC(N2C(=O)c3ccc(CN[C@@H]4CCNC[C@H]4O)cc3C2=O)C(=O)N1. The van der Waals surface area contributed by atoms with Crippen LogP contribution in [0.1, 0.15) is 45.5 Å². The van der Waals surface area contributed by atoms with Gasteiger partial charge < -0.3 is 15.7 Å². The average molecular weight is 386 g/mol. The fourth-order valence-electron chi connectivity index (χ4n) is 3.96. The van der Waals surface area contributed by atoms with E-state index in [0.717, 1.165) is 23.4 Å². The van der Waals surface area contributed by atoms with Crippen LogP contribution in [0.3, 0.4) is 0 Å². The van der Waals surface area contributed by atoms with Gasteiger partial charge >= 0.3 is 0 Å². The van der Waals surface area contributed by atoms with E-state index >= 15 is 0 Å². The second kappa shape index (κ2) is 7.42. The molecule has 9 nitrogen and oxygen atoms in total. The Balaban J connectivity index is 1.49. The van der Waals surface area contributed by atoms with Gasteiger partial charge in [-0.3, -0.25) is 29.4 Å². The lowest BCUT2D eigenvalue weighted by atomic mass is 10.0. The van der Waals surface area contributed by atoms with Crippen molar-refractivity contribution in [3.63, 3.8) is 0 Å². The van der Waals surface area contributed by atoms with Crippen LogP contribution in [0.4, 0.5) is 0 Å². The number of fused-ring (bicyclic) bond motifs is 1. The van der Waals surface area contributed by atoms with Gasteiger partial charge in [0.05, 0.1) is 17.2 Å². The van der Waals surface area contributed by atoms with Crippen molar-refractivity contribution in [2.45, 2.75) is 44.0 Å². The molecule has 148 valence electrons. The van der Waals surface area contributed by atoms with E-state index in [-0.39, 0.29) is 30.0 Å². The number of aliphatic hydroxyl groups excluding tert-OH is 1. The highest BCUT2D eigenvalue weighted by Gasteiger charge is 2.44. The van der Waals surface area contributed by atoms with Crippen molar-refractivity contribution in [2.24, 2.45) is 0 Å². The predicted octanol–water partition coefficient (Wildman–Crippen LogP) is -1.10. The third-order valence-corrected chi connectivity index (χ3v) is 5.52. The predicted molar refractivity (Wildman–Crippen MR) is 97.2 cm³/mol. The maximum absolute atomic E-state index is 12.8. The molecular formula is C19H22N4O5. The van der Waals surface area contributed by atoms with Crippen LogP contribution in [0.2, 0.25) is 0 Å². The number of rotatable bonds is 4. The number of hydrogen-bond donors (Lipinski definition) is 4. The fourth-order valence-corrected chi connectivity index (χ4v) is 3.96. The molecule has 0 bridgehead atoms. The van der Waals surface area contributed by atoms with Crippen molar-refractivity contribution in [2.75, 3.05) is 13.1 Å². The number of β-amino-alcohol motifs (C(OH)–C–C–N with tert-alkyl or cyclic N) is 1. The van der Waals surface area contributed by atoms with Crippen LogP contribution in [0.15, 0.2) is 18.2 Å². The van der Waals surface area contributed by atoms with Crippen molar-refractivity contribution in [3.8, 4) is 0 Å². The number of nitrogens with one attached hydrogen (secondary N) is 3. The Morgan fingerprint density at radius 3 is 2.64 bits per heavy atom. The number of carbonyl (C=O) groups is 4. The molecule has 4 rings (SSSR count). The first-order valence-corrected chi connectivity index (χ1v) is 9.42. The van der Waals surface area contributed by atoms with Gasteiger partial charge in [-0.15, -0.1) is 0 Å². The van der Waals surface area contributed by atoms with Crippen molar-refractivity contribution < 1.29 is 24.3 Å². The standard InChI is InChI=1S/C19H22N4O5/c24-15-9-20-6-5-13(15)21-8-10-1-2-11-12(7-10)19(28)23(18(11)27)14-3-4-16(25)22-17(14)26/h1-2,7,13-15,20-21,24H,3-6,8-9H2,(H,22,25,26)/t13-,14?,15-/m1/s1. The molecule has 1 aromatic rings. The largest absolute Gasteiger partial charge is 0.390 e. The molecule has 3 atom stereocenters. The molecule has 3 heterocycles. The molecule has 1 unspecified atom stereocenters. The zero-order valence-electron chi connectivity index (χ0n) is 15.2. The van der Waals surface area contributed by atoms with Crippen molar-refractivity contribution in [3.05, 3.63) is 34.9 Å². The number of benzene rings is 1. The van der Waals surface area contributed by atoms with Crippen LogP contribution < -0.4 is 16.0 Å². The van der Waals surface area contributed by atoms with Crippen molar-refractivity contribution in [1.29, 1.82) is 0 Å². The van der Waals surface area contributed by atoms with Gasteiger partial charge in [-0.1, -0.05) is 6.07 Å². The highest BCUT2D eigenvalue weighted by atomic mass is 16.3. The van der Waals surface area contributed by atoms with E-state index < -0.39 is 35.8 Å². The van der Waals surface area contributed by atoms with Gasteiger partial charge in [0.25, 0.3) is 11.8 Å². The summed E-state index contributed by atoms with van der Waals surface area (Å²) in [6.07, 6.45) is 0.553. The average Bonchev–Trinajstić information content (AvgIpc) is 2.92. The molecule has 1 aromatic carbocycles. The summed E-state index contributed by atoms with van der Waals surface area (Å²) >= 11 is 0. The van der Waals surface area contributed by atoms with E-state index in [4.69, 9.17) is 0 Å². The zero-order valence-corrected chi connectivity index (χ0v) is 15.2. The first-order valence-electron chi connectivity index (χ1n) is 9.42. The highest BCUT2D eigenvalue weighted by molar-refractivity contribution is 6.23. The van der Waals surface area contributed by atoms with E-state index in [9.17, 15) is 24.3 Å². The number of piperidine rings is 2. The maximum atomic E-state index is 12.8. The molecule has 9 heteroatoms. The summed E-state index contributed by atoms with van der Waals surface area (Å²) in [5, 5.41) is 18.6. The quantitative estimate of drug-likeness (QED) is 0.484. The normalized spacial score (nSPS) is 27.8. The van der Waals surface area contributed by atoms with Crippen molar-refractivity contribution in [1.82, 2.24) is 20.9 Å². The molecular weight excluding hydrogens is 364 g/mol. The minimum absolute atomic E-state index is 0.0354. The van der Waals surface area contributed by atoms with E-state index in [1.165, 1.54) is 0 Å². The smallest absolute Gasteiger partial charge is 0.262 e. The maximum Gasteiger partial charge on any atom is 0.262 e. The number of imide groups is 2. The lowest BCUT2D eigenvalue weighted by Crippen LogP contribution is -2.54. The minimum Gasteiger partial charge on any atom is -0.390 e. The Hall–Kier alpha value is -2.62. The molecule has 4 amide bonds. The van der Waals surface area contributed by atoms with Crippen LogP contribution >= 0.6 is 0 Å². The second-order valence-electron chi connectivity index (χ2n) is 7.37. The lowest BCUT2D eigenvalue weighted by Gasteiger charge is -2.29. The summed E-state index contributed by atoms with van der Waals surface area (Å²) in [5.74, 6) is -2.04. The van der Waals surface area contributed by atoms with E-state index in [0.29, 0.717) is 13.1 Å². The van der Waals surface area contributed by atoms with Gasteiger partial charge in [-0.05, 0) is 37.1 Å². The molecule has 3 aliphatic heterocycles. The van der Waals surface area contributed by atoms with Crippen LogP contribution in [0.5, 0.6) is 0 Å². The molecule has 2 saturated heterocycles. The summed E-state index contributed by atoms with van der Waals surface area (Å²) in [6, 6.07) is 4.01. The molecule has 2 fully saturated rings. The summed E-state index contributed by atoms with van der Waals surface area (Å²) < 4.78 is 0. The van der Waals surface area contributed by atoms with E-state index in [2.05, 4.69) is 16.0 Å². The Morgan fingerprint density at radius 1 is 1.11 bits per heavy atom. The van der Waals surface area contributed by atoms with Crippen LogP contribution in [-0.2, 0) is 16.1 Å². The Bertz CT molecular complexity index is 855. The molecule has 0 aliphatic carbocycles. The molecule has 0 saturated carbocycles. The van der Waals surface area contributed by atoms with Gasteiger partial charge in [0.15, 0.2) is 0 Å². The minimum atomic E-state index is -0.962. The number of nitrogens with zero attached hydrogens (tertiary/aromatic N) is 1. The first-order chi connectivity index (χ1) is 13.5. The number of carbonyl (C=O) groups excluding carboxylic acids is 4. The van der Waals surface area contributed by atoms with Crippen molar-refractivity contribution >= 4 is 23.6 Å². The van der Waals surface area contributed by atoms with Crippen LogP contribution in [0, 0.1) is 0 Å². The monoisotopic (exact) mass is 386 g/mol. The Labute approximate surface area is 161 Å². The lowest BCUT2D eigenvalue weighted by molar-refractivity contribution is -0.136. The first kappa shape index (κ1) is 18.7. The van der Waals surface area contributed by atoms with Gasteiger partial charge in [0.1, 0.15) is 6.04 Å². The third-order valence-electron chi connectivity index (χ3n) is 5.52. The number of hydrogen-bond acceptors (Lipinski definition) is 7. The third kappa shape index (κ3) is 3.32. The Morgan fingerprint density at radius 2 is 1.89 bits per heavy atom. The van der Waals surface area contributed by atoms with E-state index in [1.54, 1.807) is 18.2 Å².